The third-order valence-corrected chi connectivity index (χ3v) is 4.73. The average Bonchev–Trinajstić information content (AvgIpc) is 3.02. The number of nitrogens with zero attached hydrogens (tertiary/aromatic N) is 3. The van der Waals surface area contributed by atoms with E-state index < -0.39 is 0 Å². The lowest BCUT2D eigenvalue weighted by Gasteiger charge is -2.02. The van der Waals surface area contributed by atoms with Gasteiger partial charge in [-0.05, 0) is 37.7 Å². The van der Waals surface area contributed by atoms with Crippen LogP contribution in [-0.2, 0) is 20.0 Å². The molecule has 0 saturated heterocycles. The second kappa shape index (κ2) is 5.18. The van der Waals surface area contributed by atoms with E-state index in [1.807, 2.05) is 23.1 Å². The lowest BCUT2D eigenvalue weighted by Crippen LogP contribution is -2.03. The largest absolute Gasteiger partial charge is 0.328 e. The highest BCUT2D eigenvalue weighted by Gasteiger charge is 2.15. The smallest absolute Gasteiger partial charge is 0.179 e. The van der Waals surface area contributed by atoms with Crippen LogP contribution in [0.3, 0.4) is 0 Å². The van der Waals surface area contributed by atoms with Crippen LogP contribution in [0.2, 0.25) is 0 Å². The van der Waals surface area contributed by atoms with Crippen LogP contribution in [0, 0.1) is 11.7 Å². The molecule has 0 atom stereocenters. The Morgan fingerprint density at radius 1 is 1.40 bits per heavy atom. The molecule has 0 aliphatic heterocycles. The maximum Gasteiger partial charge on any atom is 0.179 e. The maximum absolute atomic E-state index is 5.49. The Bertz CT molecular complexity index is 803. The van der Waals surface area contributed by atoms with Crippen molar-refractivity contribution >= 4 is 34.7 Å². The SMILES string of the molecule is CCCc1nn(C)c2c1[nH]c(=S)n2Cc1ccc(C)s1. The van der Waals surface area contributed by atoms with Crippen LogP contribution in [0.25, 0.3) is 11.2 Å². The van der Waals surface area contributed by atoms with Crippen LogP contribution in [0.1, 0.15) is 28.8 Å². The van der Waals surface area contributed by atoms with Gasteiger partial charge in [0.1, 0.15) is 5.52 Å². The average molecular weight is 306 g/mol. The molecule has 0 aromatic carbocycles. The van der Waals surface area contributed by atoms with Crippen molar-refractivity contribution in [1.82, 2.24) is 19.3 Å². The van der Waals surface area contributed by atoms with Crippen molar-refractivity contribution in [3.05, 3.63) is 32.4 Å². The quantitative estimate of drug-likeness (QED) is 0.745. The second-order valence-corrected chi connectivity index (χ2v) is 6.81. The van der Waals surface area contributed by atoms with Crippen LogP contribution in [-0.4, -0.2) is 19.3 Å². The zero-order valence-electron chi connectivity index (χ0n) is 11.9. The fourth-order valence-electron chi connectivity index (χ4n) is 2.56. The zero-order chi connectivity index (χ0) is 14.3. The summed E-state index contributed by atoms with van der Waals surface area (Å²) in [5, 5.41) is 4.61. The number of nitrogens with one attached hydrogen (secondary N) is 1. The molecule has 3 aromatic heterocycles. The van der Waals surface area contributed by atoms with Crippen LogP contribution in [0.5, 0.6) is 0 Å². The predicted molar refractivity (Wildman–Crippen MR) is 86.0 cm³/mol. The van der Waals surface area contributed by atoms with Gasteiger partial charge in [0.15, 0.2) is 10.4 Å². The number of fused-ring (bicyclic) bond motifs is 1. The van der Waals surface area contributed by atoms with Gasteiger partial charge in [0, 0.05) is 16.8 Å². The van der Waals surface area contributed by atoms with Crippen molar-refractivity contribution in [3.8, 4) is 0 Å². The first-order valence-electron chi connectivity index (χ1n) is 6.80. The van der Waals surface area contributed by atoms with Crippen molar-refractivity contribution < 1.29 is 0 Å². The lowest BCUT2D eigenvalue weighted by atomic mass is 10.2. The molecule has 3 rings (SSSR count). The molecule has 3 aromatic rings. The zero-order valence-corrected chi connectivity index (χ0v) is 13.6. The van der Waals surface area contributed by atoms with Crippen molar-refractivity contribution in [1.29, 1.82) is 0 Å². The molecule has 0 aliphatic carbocycles. The van der Waals surface area contributed by atoms with Crippen molar-refractivity contribution in [2.45, 2.75) is 33.2 Å². The van der Waals surface area contributed by atoms with Crippen molar-refractivity contribution in [2.24, 2.45) is 7.05 Å². The summed E-state index contributed by atoms with van der Waals surface area (Å²) in [6, 6.07) is 4.32. The standard InChI is InChI=1S/C14H18N4S2/c1-4-5-11-12-13(17(3)16-11)18(14(19)15-12)8-10-7-6-9(2)20-10/h6-7H,4-5,8H2,1-3H3,(H,15,19). The molecule has 106 valence electrons. The Labute approximate surface area is 127 Å². The van der Waals surface area contributed by atoms with E-state index >= 15 is 0 Å². The minimum Gasteiger partial charge on any atom is -0.328 e. The molecule has 0 aliphatic rings. The fraction of sp³-hybridized carbons (Fsp3) is 0.429. The van der Waals surface area contributed by atoms with Crippen LogP contribution in [0.15, 0.2) is 12.1 Å². The molecule has 0 saturated carbocycles. The highest BCUT2D eigenvalue weighted by atomic mass is 32.1. The summed E-state index contributed by atoms with van der Waals surface area (Å²) >= 11 is 7.30. The Morgan fingerprint density at radius 3 is 2.85 bits per heavy atom. The van der Waals surface area contributed by atoms with Gasteiger partial charge in [-0.2, -0.15) is 5.10 Å². The number of rotatable bonds is 4. The number of hydrogen-bond donors (Lipinski definition) is 1. The number of imidazole rings is 1. The first-order valence-corrected chi connectivity index (χ1v) is 8.02. The van der Waals surface area contributed by atoms with Gasteiger partial charge in [-0.1, -0.05) is 13.3 Å². The molecule has 0 radical (unpaired) electrons. The highest BCUT2D eigenvalue weighted by molar-refractivity contribution is 7.71. The molecule has 0 amide bonds. The fourth-order valence-corrected chi connectivity index (χ4v) is 3.69. The van der Waals surface area contributed by atoms with Gasteiger partial charge < -0.3 is 4.98 Å². The van der Waals surface area contributed by atoms with E-state index in [-0.39, 0.29) is 0 Å². The molecule has 6 heteroatoms. The summed E-state index contributed by atoms with van der Waals surface area (Å²) in [4.78, 5) is 5.97. The van der Waals surface area contributed by atoms with Crippen molar-refractivity contribution in [3.63, 3.8) is 0 Å². The Kier molecular flexibility index (Phi) is 3.52. The molecular weight excluding hydrogens is 288 g/mol. The summed E-state index contributed by atoms with van der Waals surface area (Å²) in [6.45, 7) is 5.10. The molecule has 4 nitrogen and oxygen atoms in total. The summed E-state index contributed by atoms with van der Waals surface area (Å²) < 4.78 is 4.85. The molecule has 20 heavy (non-hydrogen) atoms. The molecule has 1 N–H and O–H groups in total. The van der Waals surface area contributed by atoms with Gasteiger partial charge in [0.2, 0.25) is 0 Å². The predicted octanol–water partition coefficient (Wildman–Crippen LogP) is 3.80. The number of aryl methyl sites for hydroxylation is 3. The van der Waals surface area contributed by atoms with Crippen LogP contribution in [0.4, 0.5) is 0 Å². The van der Waals surface area contributed by atoms with E-state index in [1.54, 1.807) is 0 Å². The number of thiophene rings is 1. The Balaban J connectivity index is 2.10. The third kappa shape index (κ3) is 2.23. The molecule has 0 unspecified atom stereocenters. The highest BCUT2D eigenvalue weighted by Crippen LogP contribution is 2.22. The topological polar surface area (TPSA) is 38.5 Å². The molecule has 0 bridgehead atoms. The number of H-pyrrole nitrogens is 1. The summed E-state index contributed by atoms with van der Waals surface area (Å²) in [7, 11) is 1.99. The Morgan fingerprint density at radius 2 is 2.20 bits per heavy atom. The first-order chi connectivity index (χ1) is 9.60. The van der Waals surface area contributed by atoms with Gasteiger partial charge in [-0.25, -0.2) is 0 Å². The van der Waals surface area contributed by atoms with E-state index in [9.17, 15) is 0 Å². The molecular formula is C14H18N4S2. The third-order valence-electron chi connectivity index (χ3n) is 3.42. The van der Waals surface area contributed by atoms with Gasteiger partial charge in [-0.15, -0.1) is 11.3 Å². The number of hydrogen-bond acceptors (Lipinski definition) is 3. The van der Waals surface area contributed by atoms with E-state index in [2.05, 4.69) is 40.6 Å². The Hall–Kier alpha value is -1.40. The van der Waals surface area contributed by atoms with Crippen LogP contribution >= 0.6 is 23.6 Å². The first kappa shape index (κ1) is 13.6. The van der Waals surface area contributed by atoms with E-state index in [1.165, 1.54) is 9.75 Å². The second-order valence-electron chi connectivity index (χ2n) is 5.05. The minimum absolute atomic E-state index is 0.774. The van der Waals surface area contributed by atoms with Gasteiger partial charge in [0.05, 0.1) is 12.2 Å². The van der Waals surface area contributed by atoms with Crippen LogP contribution < -0.4 is 0 Å². The summed E-state index contributed by atoms with van der Waals surface area (Å²) in [6.07, 6.45) is 2.06. The maximum atomic E-state index is 5.49. The number of aromatic nitrogens is 4. The lowest BCUT2D eigenvalue weighted by molar-refractivity contribution is 0.706. The summed E-state index contributed by atoms with van der Waals surface area (Å²) in [5.41, 5.74) is 3.29. The van der Waals surface area contributed by atoms with E-state index in [4.69, 9.17) is 12.2 Å². The number of aromatic amines is 1. The van der Waals surface area contributed by atoms with Gasteiger partial charge in [-0.3, -0.25) is 9.25 Å². The molecule has 0 fully saturated rings. The molecule has 0 spiro atoms. The van der Waals surface area contributed by atoms with Crippen molar-refractivity contribution in [2.75, 3.05) is 0 Å². The summed E-state index contributed by atoms with van der Waals surface area (Å²) in [5.74, 6) is 0. The van der Waals surface area contributed by atoms with Gasteiger partial charge in [0.25, 0.3) is 0 Å². The van der Waals surface area contributed by atoms with Gasteiger partial charge >= 0.3 is 0 Å². The minimum atomic E-state index is 0.774. The van der Waals surface area contributed by atoms with E-state index in [0.29, 0.717) is 0 Å². The normalized spacial score (nSPS) is 11.6. The monoisotopic (exact) mass is 306 g/mol. The van der Waals surface area contributed by atoms with E-state index in [0.717, 1.165) is 41.0 Å². The molecule has 3 heterocycles.